The molecule has 0 N–H and O–H groups in total. The standard InChI is InChI=1S/C34H40O6S2/c1-5-22-37-28-25-32(38-23-6-2)34(33(26-28)39-24-7-3)41(29-14-10-8-11-15-29,30-16-12-9-13-17-30)40-42(35,36)31-20-18-27(4)19-21-31/h8-21,25-26H,5-7,22-24H2,1-4H3. The van der Waals surface area contributed by atoms with Crippen LogP contribution < -0.4 is 14.2 Å². The van der Waals surface area contributed by atoms with E-state index in [9.17, 15) is 8.42 Å². The van der Waals surface area contributed by atoms with Crippen LogP contribution in [0.25, 0.3) is 0 Å². The number of benzene rings is 4. The Hall–Kier alpha value is -3.46. The zero-order chi connectivity index (χ0) is 30.0. The molecule has 0 aliphatic rings. The summed E-state index contributed by atoms with van der Waals surface area (Å²) in [6, 6.07) is 29.3. The van der Waals surface area contributed by atoms with Crippen LogP contribution in [0.5, 0.6) is 17.2 Å². The molecule has 0 atom stereocenters. The lowest BCUT2D eigenvalue weighted by Gasteiger charge is -2.41. The summed E-state index contributed by atoms with van der Waals surface area (Å²) in [5, 5.41) is 0. The first-order valence-electron chi connectivity index (χ1n) is 14.4. The van der Waals surface area contributed by atoms with Gasteiger partial charge in [-0.3, -0.25) is 0 Å². The van der Waals surface area contributed by atoms with Gasteiger partial charge < -0.3 is 14.2 Å². The van der Waals surface area contributed by atoms with Gasteiger partial charge in [-0.05, 0) is 72.9 Å². The van der Waals surface area contributed by atoms with Crippen molar-refractivity contribution in [1.29, 1.82) is 0 Å². The molecule has 0 bridgehead atoms. The van der Waals surface area contributed by atoms with E-state index in [-0.39, 0.29) is 4.90 Å². The van der Waals surface area contributed by atoms with Crippen molar-refractivity contribution in [2.45, 2.75) is 66.5 Å². The predicted octanol–water partition coefficient (Wildman–Crippen LogP) is 8.96. The minimum atomic E-state index is -4.28. The van der Waals surface area contributed by atoms with Crippen LogP contribution in [0.3, 0.4) is 0 Å². The molecule has 0 saturated carbocycles. The predicted molar refractivity (Wildman–Crippen MR) is 169 cm³/mol. The molecule has 6 nitrogen and oxygen atoms in total. The summed E-state index contributed by atoms with van der Waals surface area (Å²) < 4.78 is 53.9. The highest BCUT2D eigenvalue weighted by atomic mass is 32.3. The highest BCUT2D eigenvalue weighted by Gasteiger charge is 2.43. The molecule has 0 unspecified atom stereocenters. The quantitative estimate of drug-likeness (QED) is 0.134. The Morgan fingerprint density at radius 2 is 1.02 bits per heavy atom. The van der Waals surface area contributed by atoms with Gasteiger partial charge in [-0.1, -0.05) is 74.9 Å². The molecular weight excluding hydrogens is 569 g/mol. The Bertz CT molecular complexity index is 1450. The highest BCUT2D eigenvalue weighted by Crippen LogP contribution is 2.74. The van der Waals surface area contributed by atoms with Gasteiger partial charge in [-0.25, -0.2) is 3.63 Å². The summed E-state index contributed by atoms with van der Waals surface area (Å²) in [5.41, 5.74) is 0.951. The number of rotatable bonds is 15. The van der Waals surface area contributed by atoms with E-state index in [4.69, 9.17) is 17.8 Å². The Kier molecular flexibility index (Phi) is 11.0. The first-order chi connectivity index (χ1) is 20.4. The molecule has 0 aliphatic carbocycles. The second-order valence-corrected chi connectivity index (χ2v) is 14.2. The third kappa shape index (κ3) is 7.12. The Morgan fingerprint density at radius 3 is 1.48 bits per heavy atom. The van der Waals surface area contributed by atoms with Crippen molar-refractivity contribution in [3.8, 4) is 17.2 Å². The number of hydrogen-bond acceptors (Lipinski definition) is 6. The van der Waals surface area contributed by atoms with E-state index in [0.29, 0.717) is 51.8 Å². The summed E-state index contributed by atoms with van der Waals surface area (Å²) in [4.78, 5) is 2.00. The normalized spacial score (nSPS) is 12.1. The van der Waals surface area contributed by atoms with Crippen LogP contribution in [-0.2, 0) is 13.7 Å². The van der Waals surface area contributed by atoms with Crippen LogP contribution in [0, 0.1) is 6.92 Å². The van der Waals surface area contributed by atoms with E-state index in [2.05, 4.69) is 0 Å². The van der Waals surface area contributed by atoms with Gasteiger partial charge in [0.1, 0.15) is 22.1 Å². The average Bonchev–Trinajstić information content (AvgIpc) is 3.01. The lowest BCUT2D eigenvalue weighted by Crippen LogP contribution is -2.17. The lowest BCUT2D eigenvalue weighted by atomic mass is 10.2. The summed E-state index contributed by atoms with van der Waals surface area (Å²) in [6.45, 7) is 9.37. The number of aryl methyl sites for hydroxylation is 1. The first-order valence-corrected chi connectivity index (χ1v) is 17.3. The van der Waals surface area contributed by atoms with Gasteiger partial charge in [0.2, 0.25) is 0 Å². The third-order valence-electron chi connectivity index (χ3n) is 6.33. The summed E-state index contributed by atoms with van der Waals surface area (Å²) >= 11 is 0. The Balaban J connectivity index is 2.12. The van der Waals surface area contributed by atoms with Crippen molar-refractivity contribution < 1.29 is 26.3 Å². The zero-order valence-electron chi connectivity index (χ0n) is 24.7. The van der Waals surface area contributed by atoms with Crippen molar-refractivity contribution in [2.75, 3.05) is 19.8 Å². The molecule has 0 amide bonds. The molecule has 8 heteroatoms. The molecule has 42 heavy (non-hydrogen) atoms. The molecule has 0 heterocycles. The van der Waals surface area contributed by atoms with Crippen LogP contribution >= 0.6 is 10.3 Å². The van der Waals surface area contributed by atoms with E-state index < -0.39 is 20.4 Å². The molecule has 0 aliphatic heterocycles. The maximum absolute atomic E-state index is 14.2. The van der Waals surface area contributed by atoms with E-state index in [1.54, 1.807) is 24.3 Å². The summed E-state index contributed by atoms with van der Waals surface area (Å²) in [6.07, 6.45) is 2.34. The van der Waals surface area contributed by atoms with Crippen LogP contribution in [-0.4, -0.2) is 28.2 Å². The highest BCUT2D eigenvalue weighted by molar-refractivity contribution is 8.33. The van der Waals surface area contributed by atoms with Gasteiger partial charge in [-0.15, -0.1) is 0 Å². The zero-order valence-corrected chi connectivity index (χ0v) is 26.4. The maximum Gasteiger partial charge on any atom is 0.307 e. The molecule has 0 saturated heterocycles. The molecule has 0 aromatic heterocycles. The van der Waals surface area contributed by atoms with E-state index in [1.165, 1.54) is 0 Å². The largest absolute Gasteiger partial charge is 0.493 e. The van der Waals surface area contributed by atoms with Gasteiger partial charge in [-0.2, -0.15) is 8.42 Å². The van der Waals surface area contributed by atoms with Gasteiger partial charge in [0.25, 0.3) is 0 Å². The lowest BCUT2D eigenvalue weighted by molar-refractivity contribution is 0.275. The second kappa shape index (κ2) is 14.6. The topological polar surface area (TPSA) is 71.1 Å². The van der Waals surface area contributed by atoms with Crippen LogP contribution in [0.1, 0.15) is 45.6 Å². The van der Waals surface area contributed by atoms with E-state index >= 15 is 0 Å². The molecule has 0 spiro atoms. The smallest absolute Gasteiger partial charge is 0.307 e. The monoisotopic (exact) mass is 608 g/mol. The van der Waals surface area contributed by atoms with Gasteiger partial charge in [0.15, 0.2) is 0 Å². The third-order valence-corrected chi connectivity index (χ3v) is 11.6. The summed E-state index contributed by atoms with van der Waals surface area (Å²) in [7, 11) is -7.28. The van der Waals surface area contributed by atoms with Gasteiger partial charge in [0.05, 0.1) is 24.7 Å². The van der Waals surface area contributed by atoms with Crippen LogP contribution in [0.15, 0.2) is 117 Å². The molecule has 224 valence electrons. The average molecular weight is 609 g/mol. The number of hydrogen-bond donors (Lipinski definition) is 0. The van der Waals surface area contributed by atoms with Crippen molar-refractivity contribution in [3.05, 3.63) is 103 Å². The fourth-order valence-electron chi connectivity index (χ4n) is 4.36. The van der Waals surface area contributed by atoms with Crippen LogP contribution in [0.4, 0.5) is 0 Å². The SMILES string of the molecule is CCCOc1cc(OCCC)c(S(OS(=O)(=O)c2ccc(C)cc2)(c2ccccc2)c2ccccc2)c(OCCC)c1. The van der Waals surface area contributed by atoms with Crippen molar-refractivity contribution in [1.82, 2.24) is 0 Å². The maximum atomic E-state index is 14.2. The van der Waals surface area contributed by atoms with E-state index in [0.717, 1.165) is 24.8 Å². The molecule has 0 radical (unpaired) electrons. The van der Waals surface area contributed by atoms with Crippen molar-refractivity contribution in [3.63, 3.8) is 0 Å². The molecule has 0 fully saturated rings. The fraction of sp³-hybridized carbons (Fsp3) is 0.294. The molecule has 4 aromatic rings. The second-order valence-electron chi connectivity index (χ2n) is 9.81. The van der Waals surface area contributed by atoms with Crippen LogP contribution in [0.2, 0.25) is 0 Å². The summed E-state index contributed by atoms with van der Waals surface area (Å²) in [5.74, 6) is 1.53. The Labute approximate surface area is 252 Å². The number of ether oxygens (including phenoxy) is 3. The molecule has 4 rings (SSSR count). The van der Waals surface area contributed by atoms with Crippen molar-refractivity contribution >= 4 is 20.4 Å². The van der Waals surface area contributed by atoms with E-state index in [1.807, 2.05) is 100 Å². The minimum Gasteiger partial charge on any atom is -0.493 e. The first kappa shape index (κ1) is 31.5. The minimum absolute atomic E-state index is 0.0757. The fourth-order valence-corrected chi connectivity index (χ4v) is 9.75. The Morgan fingerprint density at radius 1 is 0.571 bits per heavy atom. The molecule has 4 aromatic carbocycles. The van der Waals surface area contributed by atoms with Gasteiger partial charge in [0, 0.05) is 21.9 Å². The van der Waals surface area contributed by atoms with Gasteiger partial charge >= 0.3 is 10.1 Å². The molecular formula is C34H40O6S2. The van der Waals surface area contributed by atoms with Crippen molar-refractivity contribution in [2.24, 2.45) is 0 Å².